The first-order valence-corrected chi connectivity index (χ1v) is 9.17. The molecule has 0 spiro atoms. The summed E-state index contributed by atoms with van der Waals surface area (Å²) in [7, 11) is -3.15. The minimum Gasteiger partial charge on any atom is -0.287 e. The Morgan fingerprint density at radius 3 is 2.35 bits per heavy atom. The average molecular weight is 331 g/mol. The molecule has 0 saturated carbocycles. The minimum absolute atomic E-state index is 0.0499. The Balaban J connectivity index is 1.85. The van der Waals surface area contributed by atoms with E-state index in [9.17, 15) is 12.8 Å². The van der Waals surface area contributed by atoms with Gasteiger partial charge in [-0.05, 0) is 11.6 Å². The molecule has 0 aromatic heterocycles. The minimum atomic E-state index is -3.15. The number of rotatable bonds is 5. The molecular weight excluding hydrogens is 313 g/mol. The summed E-state index contributed by atoms with van der Waals surface area (Å²) in [6.45, 7) is 0.936. The highest BCUT2D eigenvalue weighted by Gasteiger charge is 2.27. The van der Waals surface area contributed by atoms with Gasteiger partial charge < -0.3 is 0 Å². The number of nitrogens with zero attached hydrogens (tertiary/aromatic N) is 1. The lowest BCUT2D eigenvalue weighted by molar-refractivity contribution is 0.223. The predicted octanol–water partition coefficient (Wildman–Crippen LogP) is 3.14. The maximum atomic E-state index is 14.0. The smallest absolute Gasteiger partial charge is 0.173 e. The molecular formula is C18H18FNO2S. The molecule has 0 radical (unpaired) electrons. The summed E-state index contributed by atoms with van der Waals surface area (Å²) in [5.41, 5.74) is 1.64. The van der Waals surface area contributed by atoms with Gasteiger partial charge in [-0.15, -0.1) is 0 Å². The van der Waals surface area contributed by atoms with Gasteiger partial charge in [-0.3, -0.25) is 4.90 Å². The van der Waals surface area contributed by atoms with Crippen molar-refractivity contribution in [3.63, 3.8) is 0 Å². The van der Waals surface area contributed by atoms with Crippen molar-refractivity contribution in [3.05, 3.63) is 83.0 Å². The van der Waals surface area contributed by atoms with Crippen LogP contribution in [0.1, 0.15) is 11.1 Å². The van der Waals surface area contributed by atoms with Crippen molar-refractivity contribution in [1.29, 1.82) is 0 Å². The van der Waals surface area contributed by atoms with Gasteiger partial charge in [0, 0.05) is 30.1 Å². The molecule has 2 aromatic carbocycles. The van der Waals surface area contributed by atoms with E-state index in [0.29, 0.717) is 18.7 Å². The van der Waals surface area contributed by atoms with E-state index in [1.807, 2.05) is 35.2 Å². The summed E-state index contributed by atoms with van der Waals surface area (Å²) in [5, 5.41) is 1.26. The van der Waals surface area contributed by atoms with Crippen molar-refractivity contribution in [2.24, 2.45) is 0 Å². The van der Waals surface area contributed by atoms with Crippen molar-refractivity contribution >= 4 is 9.84 Å². The van der Waals surface area contributed by atoms with Crippen LogP contribution in [0.15, 0.2) is 66.1 Å². The highest BCUT2D eigenvalue weighted by molar-refractivity contribution is 7.94. The van der Waals surface area contributed by atoms with Crippen LogP contribution in [0.3, 0.4) is 0 Å². The standard InChI is InChI=1S/C18H18FNO2S/c19-18-9-5-4-8-16(18)13-20(12-15-6-2-1-3-7-15)17-10-11-23(21,22)14-17/h1-11,17H,12-14H2/t17-/m1/s1. The van der Waals surface area contributed by atoms with Crippen LogP contribution >= 0.6 is 0 Å². The Hall–Kier alpha value is -1.98. The molecule has 5 heteroatoms. The summed E-state index contributed by atoms with van der Waals surface area (Å²) < 4.78 is 37.4. The zero-order chi connectivity index (χ0) is 16.3. The van der Waals surface area contributed by atoms with Crippen molar-refractivity contribution < 1.29 is 12.8 Å². The molecule has 120 valence electrons. The van der Waals surface area contributed by atoms with Crippen LogP contribution in [0.25, 0.3) is 0 Å². The fraction of sp³-hybridized carbons (Fsp3) is 0.222. The molecule has 0 N–H and O–H groups in total. The first-order valence-electron chi connectivity index (χ1n) is 7.46. The van der Waals surface area contributed by atoms with Gasteiger partial charge in [-0.25, -0.2) is 12.8 Å². The summed E-state index contributed by atoms with van der Waals surface area (Å²) in [6, 6.07) is 16.2. The quantitative estimate of drug-likeness (QED) is 0.845. The monoisotopic (exact) mass is 331 g/mol. The van der Waals surface area contributed by atoms with Crippen molar-refractivity contribution in [2.75, 3.05) is 5.75 Å². The highest BCUT2D eigenvalue weighted by atomic mass is 32.2. The second kappa shape index (κ2) is 6.64. The molecule has 0 fully saturated rings. The molecule has 1 heterocycles. The van der Waals surface area contributed by atoms with Crippen molar-refractivity contribution in [3.8, 4) is 0 Å². The number of halogens is 1. The number of hydrogen-bond acceptors (Lipinski definition) is 3. The largest absolute Gasteiger partial charge is 0.287 e. The molecule has 0 bridgehead atoms. The Morgan fingerprint density at radius 1 is 1.00 bits per heavy atom. The van der Waals surface area contributed by atoms with E-state index in [-0.39, 0.29) is 17.6 Å². The predicted molar refractivity (Wildman–Crippen MR) is 88.8 cm³/mol. The van der Waals surface area contributed by atoms with E-state index in [2.05, 4.69) is 0 Å². The molecule has 0 amide bonds. The Labute approximate surface area is 136 Å². The normalized spacial score (nSPS) is 19.3. The van der Waals surface area contributed by atoms with Crippen LogP contribution in [0.5, 0.6) is 0 Å². The van der Waals surface area contributed by atoms with Crippen LogP contribution in [0, 0.1) is 5.82 Å². The first kappa shape index (κ1) is 15.9. The maximum Gasteiger partial charge on any atom is 0.173 e. The summed E-state index contributed by atoms with van der Waals surface area (Å²) >= 11 is 0. The average Bonchev–Trinajstić information content (AvgIpc) is 2.90. The SMILES string of the molecule is O=S1(=O)C=C[C@@H](N(Cc2ccccc2)Cc2ccccc2F)C1. The Kier molecular flexibility index (Phi) is 4.59. The molecule has 0 aliphatic carbocycles. The summed E-state index contributed by atoms with van der Waals surface area (Å²) in [5.74, 6) is -0.218. The zero-order valence-electron chi connectivity index (χ0n) is 12.6. The molecule has 2 aromatic rings. The van der Waals surface area contributed by atoms with E-state index in [1.54, 1.807) is 24.3 Å². The molecule has 23 heavy (non-hydrogen) atoms. The summed E-state index contributed by atoms with van der Waals surface area (Å²) in [6.07, 6.45) is 1.69. The zero-order valence-corrected chi connectivity index (χ0v) is 13.4. The maximum absolute atomic E-state index is 14.0. The van der Waals surface area contributed by atoms with Gasteiger partial charge >= 0.3 is 0 Å². The van der Waals surface area contributed by atoms with E-state index >= 15 is 0 Å². The van der Waals surface area contributed by atoms with Crippen LogP contribution in [0.4, 0.5) is 4.39 Å². The fourth-order valence-corrected chi connectivity index (χ4v) is 4.07. The lowest BCUT2D eigenvalue weighted by atomic mass is 10.1. The van der Waals surface area contributed by atoms with Gasteiger partial charge in [0.15, 0.2) is 9.84 Å². The molecule has 3 nitrogen and oxygen atoms in total. The van der Waals surface area contributed by atoms with Gasteiger partial charge in [-0.2, -0.15) is 0 Å². The molecule has 3 rings (SSSR count). The first-order chi connectivity index (χ1) is 11.0. The third kappa shape index (κ3) is 4.06. The third-order valence-corrected chi connectivity index (χ3v) is 5.32. The lowest BCUT2D eigenvalue weighted by Gasteiger charge is -2.27. The topological polar surface area (TPSA) is 37.4 Å². The second-order valence-corrected chi connectivity index (χ2v) is 7.64. The Morgan fingerprint density at radius 2 is 1.70 bits per heavy atom. The van der Waals surface area contributed by atoms with Crippen LogP contribution in [-0.4, -0.2) is 25.1 Å². The van der Waals surface area contributed by atoms with E-state index < -0.39 is 9.84 Å². The van der Waals surface area contributed by atoms with E-state index in [0.717, 1.165) is 5.56 Å². The number of sulfone groups is 1. The van der Waals surface area contributed by atoms with Gasteiger partial charge in [0.05, 0.1) is 5.75 Å². The van der Waals surface area contributed by atoms with Crippen LogP contribution in [0.2, 0.25) is 0 Å². The van der Waals surface area contributed by atoms with Crippen LogP contribution < -0.4 is 0 Å². The molecule has 1 aliphatic heterocycles. The van der Waals surface area contributed by atoms with E-state index in [4.69, 9.17) is 0 Å². The molecule has 1 aliphatic rings. The molecule has 0 unspecified atom stereocenters. The summed E-state index contributed by atoms with van der Waals surface area (Å²) in [4.78, 5) is 1.99. The highest BCUT2D eigenvalue weighted by Crippen LogP contribution is 2.21. The molecule has 1 atom stereocenters. The number of hydrogen-bond donors (Lipinski definition) is 0. The van der Waals surface area contributed by atoms with Crippen LogP contribution in [-0.2, 0) is 22.9 Å². The molecule has 0 saturated heterocycles. The van der Waals surface area contributed by atoms with Gasteiger partial charge in [0.1, 0.15) is 5.82 Å². The fourth-order valence-electron chi connectivity index (χ4n) is 2.74. The third-order valence-electron chi connectivity index (χ3n) is 3.94. The van der Waals surface area contributed by atoms with E-state index in [1.165, 1.54) is 11.5 Å². The Bertz CT molecular complexity index is 803. The number of benzene rings is 2. The van der Waals surface area contributed by atoms with Gasteiger partial charge in [0.25, 0.3) is 0 Å². The lowest BCUT2D eigenvalue weighted by Crippen LogP contribution is -2.35. The van der Waals surface area contributed by atoms with Gasteiger partial charge in [-0.1, -0.05) is 54.6 Å². The van der Waals surface area contributed by atoms with Crippen molar-refractivity contribution in [2.45, 2.75) is 19.1 Å². The second-order valence-electron chi connectivity index (χ2n) is 5.71. The van der Waals surface area contributed by atoms with Gasteiger partial charge in [0.2, 0.25) is 0 Å². The van der Waals surface area contributed by atoms with Crippen molar-refractivity contribution in [1.82, 2.24) is 4.90 Å².